The van der Waals surface area contributed by atoms with Crippen LogP contribution in [-0.2, 0) is 14.8 Å². The summed E-state index contributed by atoms with van der Waals surface area (Å²) < 4.78 is 24.5. The van der Waals surface area contributed by atoms with Crippen LogP contribution in [0, 0.1) is 0 Å². The molecule has 0 aromatic rings. The molecule has 0 saturated heterocycles. The lowest BCUT2D eigenvalue weighted by atomic mass is 10.2. The molecule has 1 amide bonds. The monoisotopic (exact) mass is 222 g/mol. The van der Waals surface area contributed by atoms with Crippen molar-refractivity contribution in [3.05, 3.63) is 0 Å². The third-order valence-corrected chi connectivity index (χ3v) is 3.53. The maximum Gasteiger partial charge on any atom is 0.250 e. The third kappa shape index (κ3) is 4.06. The fraction of sp³-hybridized carbons (Fsp3) is 0.875. The van der Waals surface area contributed by atoms with Crippen molar-refractivity contribution in [2.24, 2.45) is 5.73 Å². The van der Waals surface area contributed by atoms with Crippen molar-refractivity contribution >= 4 is 15.9 Å². The molecule has 84 valence electrons. The summed E-state index contributed by atoms with van der Waals surface area (Å²) in [6.07, 6.45) is 1.23. The van der Waals surface area contributed by atoms with E-state index >= 15 is 0 Å². The Hall–Kier alpha value is -0.620. The predicted octanol–water partition coefficient (Wildman–Crippen LogP) is -0.0318. The summed E-state index contributed by atoms with van der Waals surface area (Å²) >= 11 is 0. The molecule has 0 rings (SSSR count). The first-order valence-electron chi connectivity index (χ1n) is 4.62. The van der Waals surface area contributed by atoms with Crippen LogP contribution in [0.1, 0.15) is 33.6 Å². The van der Waals surface area contributed by atoms with E-state index in [4.69, 9.17) is 5.73 Å². The van der Waals surface area contributed by atoms with Gasteiger partial charge in [-0.25, -0.2) is 8.42 Å². The number of nitrogens with two attached hydrogens (primary N) is 1. The molecule has 0 aromatic carbocycles. The van der Waals surface area contributed by atoms with Crippen molar-refractivity contribution in [2.75, 3.05) is 0 Å². The van der Waals surface area contributed by atoms with E-state index in [1.165, 1.54) is 13.8 Å². The molecule has 1 atom stereocenters. The minimum atomic E-state index is -3.54. The number of amides is 1. The summed E-state index contributed by atoms with van der Waals surface area (Å²) in [7, 11) is -3.54. The zero-order valence-corrected chi connectivity index (χ0v) is 9.60. The predicted molar refractivity (Wildman–Crippen MR) is 55.1 cm³/mol. The molecule has 0 aliphatic rings. The van der Waals surface area contributed by atoms with Crippen LogP contribution in [0.15, 0.2) is 0 Å². The minimum absolute atomic E-state index is 0.486. The molecule has 5 nitrogen and oxygen atoms in total. The Balaban J connectivity index is 4.33. The largest absolute Gasteiger partial charge is 0.320 e. The lowest BCUT2D eigenvalue weighted by Crippen LogP contribution is -2.45. The second kappa shape index (κ2) is 5.31. The molecule has 14 heavy (non-hydrogen) atoms. The maximum absolute atomic E-state index is 11.3. The second-order valence-corrected chi connectivity index (χ2v) is 5.69. The highest BCUT2D eigenvalue weighted by atomic mass is 32.2. The molecule has 0 radical (unpaired) electrons. The molecule has 1 unspecified atom stereocenters. The van der Waals surface area contributed by atoms with Crippen LogP contribution in [0.5, 0.6) is 0 Å². The Morgan fingerprint density at radius 1 is 1.43 bits per heavy atom. The lowest BCUT2D eigenvalue weighted by Gasteiger charge is -2.13. The van der Waals surface area contributed by atoms with Crippen LogP contribution in [0.2, 0.25) is 0 Å². The summed E-state index contributed by atoms with van der Waals surface area (Å²) in [6.45, 7) is 4.88. The normalized spacial score (nSPS) is 14.1. The molecular weight excluding hydrogens is 204 g/mol. The summed E-state index contributed by atoms with van der Waals surface area (Å²) in [6, 6.07) is -0.742. The number of carbonyl (C=O) groups is 1. The van der Waals surface area contributed by atoms with Gasteiger partial charge in [0.15, 0.2) is 0 Å². The van der Waals surface area contributed by atoms with Crippen molar-refractivity contribution in [1.29, 1.82) is 0 Å². The van der Waals surface area contributed by atoms with E-state index in [2.05, 4.69) is 0 Å². The summed E-state index contributed by atoms with van der Waals surface area (Å²) in [5.41, 5.74) is 5.46. The molecule has 0 bridgehead atoms. The van der Waals surface area contributed by atoms with Crippen LogP contribution in [0.3, 0.4) is 0 Å². The topological polar surface area (TPSA) is 89.3 Å². The Labute approximate surface area is 85.1 Å². The van der Waals surface area contributed by atoms with Gasteiger partial charge in [-0.15, -0.1) is 0 Å². The molecule has 0 saturated carbocycles. The quantitative estimate of drug-likeness (QED) is 0.683. The van der Waals surface area contributed by atoms with Gasteiger partial charge in [0.1, 0.15) is 0 Å². The highest BCUT2D eigenvalue weighted by Crippen LogP contribution is 1.99. The van der Waals surface area contributed by atoms with Gasteiger partial charge in [0, 0.05) is 0 Å². The first kappa shape index (κ1) is 13.4. The standard InChI is InChI=1S/C8H18N2O3S/c1-4-5-7(9)8(11)10-14(12,13)6(2)3/h6-7H,4-5,9H2,1-3H3,(H,10,11). The lowest BCUT2D eigenvalue weighted by molar-refractivity contribution is -0.120. The molecule has 0 heterocycles. The molecule has 0 spiro atoms. The van der Waals surface area contributed by atoms with E-state index in [0.29, 0.717) is 6.42 Å². The molecule has 6 heteroatoms. The van der Waals surface area contributed by atoms with E-state index in [1.807, 2.05) is 11.6 Å². The van der Waals surface area contributed by atoms with Gasteiger partial charge in [-0.05, 0) is 20.3 Å². The van der Waals surface area contributed by atoms with Crippen molar-refractivity contribution in [2.45, 2.75) is 44.9 Å². The Bertz CT molecular complexity index is 285. The average molecular weight is 222 g/mol. The van der Waals surface area contributed by atoms with E-state index < -0.39 is 27.2 Å². The van der Waals surface area contributed by atoms with E-state index in [-0.39, 0.29) is 0 Å². The van der Waals surface area contributed by atoms with E-state index in [1.54, 1.807) is 0 Å². The number of rotatable bonds is 5. The fourth-order valence-electron chi connectivity index (χ4n) is 0.776. The minimum Gasteiger partial charge on any atom is -0.320 e. The van der Waals surface area contributed by atoms with Gasteiger partial charge in [0.05, 0.1) is 11.3 Å². The average Bonchev–Trinajstić information content (AvgIpc) is 2.03. The van der Waals surface area contributed by atoms with Crippen molar-refractivity contribution < 1.29 is 13.2 Å². The highest BCUT2D eigenvalue weighted by Gasteiger charge is 2.22. The molecule has 3 N–H and O–H groups in total. The summed E-state index contributed by atoms with van der Waals surface area (Å²) in [5.74, 6) is -0.624. The fourth-order valence-corrected chi connectivity index (χ4v) is 1.44. The smallest absolute Gasteiger partial charge is 0.250 e. The number of hydrogen-bond donors (Lipinski definition) is 2. The van der Waals surface area contributed by atoms with Crippen molar-refractivity contribution in [1.82, 2.24) is 4.72 Å². The van der Waals surface area contributed by atoms with Crippen LogP contribution in [0.4, 0.5) is 0 Å². The first-order valence-corrected chi connectivity index (χ1v) is 6.17. The second-order valence-electron chi connectivity index (χ2n) is 3.46. The van der Waals surface area contributed by atoms with Gasteiger partial charge in [0.2, 0.25) is 15.9 Å². The van der Waals surface area contributed by atoms with Crippen LogP contribution < -0.4 is 10.5 Å². The third-order valence-electron chi connectivity index (χ3n) is 1.80. The molecule has 0 aliphatic heterocycles. The maximum atomic E-state index is 11.3. The molecule has 0 fully saturated rings. The zero-order valence-electron chi connectivity index (χ0n) is 8.78. The number of sulfonamides is 1. The van der Waals surface area contributed by atoms with Gasteiger partial charge in [-0.2, -0.15) is 0 Å². The van der Waals surface area contributed by atoms with Crippen molar-refractivity contribution in [3.63, 3.8) is 0 Å². The van der Waals surface area contributed by atoms with Crippen molar-refractivity contribution in [3.8, 4) is 0 Å². The number of hydrogen-bond acceptors (Lipinski definition) is 4. The first-order chi connectivity index (χ1) is 6.31. The van der Waals surface area contributed by atoms with E-state index in [9.17, 15) is 13.2 Å². The van der Waals surface area contributed by atoms with Gasteiger partial charge in [-0.1, -0.05) is 13.3 Å². The van der Waals surface area contributed by atoms with Crippen LogP contribution >= 0.6 is 0 Å². The molecule has 0 aromatic heterocycles. The van der Waals surface area contributed by atoms with Gasteiger partial charge < -0.3 is 5.73 Å². The van der Waals surface area contributed by atoms with Gasteiger partial charge in [0.25, 0.3) is 0 Å². The highest BCUT2D eigenvalue weighted by molar-refractivity contribution is 7.90. The Kier molecular flexibility index (Phi) is 5.07. The number of nitrogens with one attached hydrogen (secondary N) is 1. The van der Waals surface area contributed by atoms with Gasteiger partial charge in [-0.3, -0.25) is 9.52 Å². The summed E-state index contributed by atoms with van der Waals surface area (Å²) in [5, 5.41) is -0.625. The number of carbonyl (C=O) groups excluding carboxylic acids is 1. The molecule has 0 aliphatic carbocycles. The Morgan fingerprint density at radius 2 is 1.93 bits per heavy atom. The van der Waals surface area contributed by atoms with Gasteiger partial charge >= 0.3 is 0 Å². The van der Waals surface area contributed by atoms with Crippen LogP contribution in [-0.4, -0.2) is 25.6 Å². The van der Waals surface area contributed by atoms with Crippen LogP contribution in [0.25, 0.3) is 0 Å². The SMILES string of the molecule is CCCC(N)C(=O)NS(=O)(=O)C(C)C. The summed E-state index contributed by atoms with van der Waals surface area (Å²) in [4.78, 5) is 11.2. The Morgan fingerprint density at radius 3 is 2.29 bits per heavy atom. The zero-order chi connectivity index (χ0) is 11.4. The van der Waals surface area contributed by atoms with E-state index in [0.717, 1.165) is 6.42 Å². The molecular formula is C8H18N2O3S.